The molecule has 4 aromatic heterocycles. The number of anilines is 1. The van der Waals surface area contributed by atoms with Crippen LogP contribution in [-0.4, -0.2) is 97.4 Å². The minimum atomic E-state index is -0.369. The Hall–Kier alpha value is -5.76. The van der Waals surface area contributed by atoms with Gasteiger partial charge in [0.05, 0.1) is 29.9 Å². The molecule has 0 spiro atoms. The smallest absolute Gasteiger partial charge is 0.255 e. The molecule has 1 saturated carbocycles. The summed E-state index contributed by atoms with van der Waals surface area (Å²) < 4.78 is 11.2. The predicted molar refractivity (Wildman–Crippen MR) is 204 cm³/mol. The van der Waals surface area contributed by atoms with Gasteiger partial charge >= 0.3 is 0 Å². The number of fused-ring (bicyclic) bond motifs is 3. The van der Waals surface area contributed by atoms with E-state index in [1.54, 1.807) is 28.7 Å². The maximum atomic E-state index is 13.6. The fraction of sp³-hybridized carbons (Fsp3) is 0.400. The minimum absolute atomic E-state index is 0.120. The first kappa shape index (κ1) is 34.0. The topological polar surface area (TPSA) is 144 Å². The van der Waals surface area contributed by atoms with Gasteiger partial charge in [-0.2, -0.15) is 14.7 Å². The van der Waals surface area contributed by atoms with Crippen molar-refractivity contribution in [1.82, 2.24) is 44.5 Å². The zero-order valence-electron chi connectivity index (χ0n) is 30.6. The third kappa shape index (κ3) is 6.23. The highest BCUT2D eigenvalue weighted by molar-refractivity contribution is 6.02. The van der Waals surface area contributed by atoms with E-state index in [0.29, 0.717) is 41.4 Å². The monoisotopic (exact) mass is 728 g/mol. The summed E-state index contributed by atoms with van der Waals surface area (Å²) in [7, 11) is 1.58. The van der Waals surface area contributed by atoms with Crippen LogP contribution in [-0.2, 0) is 9.59 Å². The highest BCUT2D eigenvalue weighted by Crippen LogP contribution is 2.36. The van der Waals surface area contributed by atoms with Gasteiger partial charge < -0.3 is 19.5 Å². The van der Waals surface area contributed by atoms with E-state index in [1.165, 1.54) is 11.1 Å². The van der Waals surface area contributed by atoms with E-state index in [4.69, 9.17) is 9.84 Å². The number of benzene rings is 2. The Morgan fingerprint density at radius 1 is 1.00 bits per heavy atom. The van der Waals surface area contributed by atoms with Crippen LogP contribution in [0.15, 0.2) is 67.3 Å². The summed E-state index contributed by atoms with van der Waals surface area (Å²) in [6, 6.07) is 13.5. The van der Waals surface area contributed by atoms with Crippen molar-refractivity contribution in [1.29, 1.82) is 0 Å². The molecule has 0 radical (unpaired) electrons. The first-order valence-corrected chi connectivity index (χ1v) is 18.9. The molecule has 6 aromatic rings. The summed E-state index contributed by atoms with van der Waals surface area (Å²) in [6.45, 7) is 7.04. The summed E-state index contributed by atoms with van der Waals surface area (Å²) in [5.41, 5.74) is 5.33. The van der Waals surface area contributed by atoms with E-state index in [0.717, 1.165) is 80.5 Å². The molecule has 2 N–H and O–H groups in total. The number of imide groups is 1. The summed E-state index contributed by atoms with van der Waals surface area (Å²) >= 11 is 0. The molecule has 3 fully saturated rings. The lowest BCUT2D eigenvalue weighted by Crippen LogP contribution is -2.48. The van der Waals surface area contributed by atoms with Crippen LogP contribution in [0.2, 0.25) is 0 Å². The number of nitrogens with zero attached hydrogens (tertiary/aromatic N) is 8. The van der Waals surface area contributed by atoms with Gasteiger partial charge in [-0.1, -0.05) is 6.07 Å². The number of rotatable bonds is 8. The van der Waals surface area contributed by atoms with Crippen molar-refractivity contribution >= 4 is 50.9 Å². The SMILES string of the molecule is COc1cc2nn(-c3cnc4cccnn34)cc2cc1C(=O)NC1CCC(CN2CCN(c3cccc4c3c(C)cn4C3CCC(=O)NC3=O)CC2)CC1. The molecule has 6 heterocycles. The van der Waals surface area contributed by atoms with Crippen LogP contribution < -0.4 is 20.3 Å². The Morgan fingerprint density at radius 3 is 2.63 bits per heavy atom. The molecule has 9 rings (SSSR count). The first-order valence-electron chi connectivity index (χ1n) is 18.9. The van der Waals surface area contributed by atoms with Crippen molar-refractivity contribution in [2.75, 3.05) is 44.7 Å². The lowest BCUT2D eigenvalue weighted by atomic mass is 9.85. The van der Waals surface area contributed by atoms with Crippen molar-refractivity contribution in [3.63, 3.8) is 0 Å². The predicted octanol–water partition coefficient (Wildman–Crippen LogP) is 4.43. The van der Waals surface area contributed by atoms with Crippen LogP contribution in [0.25, 0.3) is 33.3 Å². The summed E-state index contributed by atoms with van der Waals surface area (Å²) in [4.78, 5) is 47.6. The van der Waals surface area contributed by atoms with Crippen LogP contribution in [0.4, 0.5) is 5.69 Å². The summed E-state index contributed by atoms with van der Waals surface area (Å²) in [6.07, 6.45) is 12.3. The van der Waals surface area contributed by atoms with Crippen LogP contribution >= 0.6 is 0 Å². The molecule has 14 heteroatoms. The molecule has 278 valence electrons. The van der Waals surface area contributed by atoms with E-state index < -0.39 is 0 Å². The van der Waals surface area contributed by atoms with Gasteiger partial charge in [0.15, 0.2) is 11.5 Å². The lowest BCUT2D eigenvalue weighted by molar-refractivity contribution is -0.135. The van der Waals surface area contributed by atoms with Gasteiger partial charge in [0.25, 0.3) is 5.91 Å². The molecular formula is C40H44N10O4. The number of carbonyl (C=O) groups excluding carboxylic acids is 3. The van der Waals surface area contributed by atoms with E-state index in [9.17, 15) is 14.4 Å². The molecule has 1 aliphatic carbocycles. The molecule has 3 aliphatic rings. The van der Waals surface area contributed by atoms with E-state index in [1.807, 2.05) is 30.5 Å². The molecule has 0 bridgehead atoms. The van der Waals surface area contributed by atoms with Crippen LogP contribution in [0.5, 0.6) is 5.75 Å². The average molecular weight is 729 g/mol. The molecule has 1 atom stereocenters. The Morgan fingerprint density at radius 2 is 1.83 bits per heavy atom. The number of carbonyl (C=O) groups is 3. The number of aryl methyl sites for hydroxylation is 1. The van der Waals surface area contributed by atoms with Crippen molar-refractivity contribution in [2.45, 2.75) is 57.5 Å². The van der Waals surface area contributed by atoms with Crippen molar-refractivity contribution < 1.29 is 19.1 Å². The fourth-order valence-electron chi connectivity index (χ4n) is 8.74. The highest BCUT2D eigenvalue weighted by Gasteiger charge is 2.31. The molecule has 3 amide bonds. The second-order valence-corrected chi connectivity index (χ2v) is 14.9. The molecule has 1 unspecified atom stereocenters. The van der Waals surface area contributed by atoms with Crippen molar-refractivity contribution in [3.05, 3.63) is 78.4 Å². The number of piperazine rings is 1. The summed E-state index contributed by atoms with van der Waals surface area (Å²) in [5, 5.41) is 16.9. The zero-order chi connectivity index (χ0) is 36.9. The maximum absolute atomic E-state index is 13.6. The molecular weight excluding hydrogens is 685 g/mol. The Labute approximate surface area is 312 Å². The molecule has 2 saturated heterocycles. The van der Waals surface area contributed by atoms with Gasteiger partial charge in [0.2, 0.25) is 11.8 Å². The van der Waals surface area contributed by atoms with Crippen molar-refractivity contribution in [3.8, 4) is 11.6 Å². The quantitative estimate of drug-likeness (QED) is 0.218. The molecule has 14 nitrogen and oxygen atoms in total. The second kappa shape index (κ2) is 13.9. The lowest BCUT2D eigenvalue weighted by Gasteiger charge is -2.39. The van der Waals surface area contributed by atoms with E-state index in [-0.39, 0.29) is 29.8 Å². The standard InChI is InChI=1S/C40H44N10O4/c1-25-22-48(33-12-13-36(51)44-40(33)53)32-6-3-5-31(38(25)32)47-17-15-46(16-18-47)23-26-8-10-28(11-9-26)43-39(52)29-19-27-24-49(45-30(27)20-34(29)54-2)37-21-41-35-7-4-14-42-50(35)37/h3-7,14,19-22,24,26,28,33H,8-13,15-18,23H2,1-2H3,(H,43,52)(H,44,51,53). The number of nitrogens with one attached hydrogen (secondary N) is 2. The van der Waals surface area contributed by atoms with Gasteiger partial charge in [-0.25, -0.2) is 9.67 Å². The van der Waals surface area contributed by atoms with Gasteiger partial charge in [-0.15, -0.1) is 0 Å². The third-order valence-electron chi connectivity index (χ3n) is 11.5. The Balaban J connectivity index is 0.797. The normalized spacial score (nSPS) is 21.2. The first-order chi connectivity index (χ1) is 26.3. The van der Waals surface area contributed by atoms with Gasteiger partial charge in [0, 0.05) is 86.3 Å². The number of amides is 3. The number of imidazole rings is 1. The Kier molecular flexibility index (Phi) is 8.76. The summed E-state index contributed by atoms with van der Waals surface area (Å²) in [5.74, 6) is 1.25. The van der Waals surface area contributed by atoms with Crippen LogP contribution in [0.1, 0.15) is 60.5 Å². The number of piperidine rings is 1. The number of aromatic nitrogens is 6. The van der Waals surface area contributed by atoms with Gasteiger partial charge in [0.1, 0.15) is 11.8 Å². The molecule has 2 aliphatic heterocycles. The van der Waals surface area contributed by atoms with Crippen molar-refractivity contribution in [2.24, 2.45) is 5.92 Å². The Bertz CT molecular complexity index is 2400. The average Bonchev–Trinajstić information content (AvgIpc) is 3.90. The van der Waals surface area contributed by atoms with Crippen LogP contribution in [0.3, 0.4) is 0 Å². The third-order valence-corrected chi connectivity index (χ3v) is 11.5. The number of methoxy groups -OCH3 is 1. The highest BCUT2D eigenvalue weighted by atomic mass is 16.5. The van der Waals surface area contributed by atoms with E-state index >= 15 is 0 Å². The van der Waals surface area contributed by atoms with E-state index in [2.05, 4.69) is 66.4 Å². The second-order valence-electron chi connectivity index (χ2n) is 14.9. The van der Waals surface area contributed by atoms with Gasteiger partial charge in [-0.05, 0) is 80.8 Å². The number of hydrogen-bond donors (Lipinski definition) is 2. The molecule has 2 aromatic carbocycles. The van der Waals surface area contributed by atoms with Gasteiger partial charge in [-0.3, -0.25) is 24.6 Å². The molecule has 54 heavy (non-hydrogen) atoms. The fourth-order valence-corrected chi connectivity index (χ4v) is 8.74. The zero-order valence-corrected chi connectivity index (χ0v) is 30.6. The largest absolute Gasteiger partial charge is 0.496 e. The number of ether oxygens (including phenoxy) is 1. The van der Waals surface area contributed by atoms with Crippen LogP contribution in [0, 0.1) is 12.8 Å². The maximum Gasteiger partial charge on any atom is 0.255 e. The minimum Gasteiger partial charge on any atom is -0.496 e. The number of hydrogen-bond acceptors (Lipinski definition) is 9.